The van der Waals surface area contributed by atoms with E-state index in [4.69, 9.17) is 0 Å². The van der Waals surface area contributed by atoms with Crippen molar-refractivity contribution in [1.29, 1.82) is 0 Å². The largest absolute Gasteiger partial charge is 0.290 e. The molecule has 0 saturated heterocycles. The fourth-order valence-electron chi connectivity index (χ4n) is 2.24. The van der Waals surface area contributed by atoms with Gasteiger partial charge in [-0.2, -0.15) is 0 Å². The molecule has 0 amide bonds. The molecule has 8 heteroatoms. The molecule has 0 aliphatic rings. The molecule has 4 aromatic rings. The van der Waals surface area contributed by atoms with Crippen LogP contribution in [-0.4, -0.2) is 19.5 Å². The van der Waals surface area contributed by atoms with E-state index in [-0.39, 0.29) is 5.56 Å². The first-order chi connectivity index (χ1) is 11.1. The SMILES string of the molecule is Cn1c(Sc2ncnc3ccc(Br)cc23)nc2sccc2c1=O. The third-order valence-electron chi connectivity index (χ3n) is 3.41. The van der Waals surface area contributed by atoms with Gasteiger partial charge in [0.05, 0.1) is 10.9 Å². The summed E-state index contributed by atoms with van der Waals surface area (Å²) in [6, 6.07) is 7.65. The van der Waals surface area contributed by atoms with Gasteiger partial charge in [-0.25, -0.2) is 15.0 Å². The molecule has 0 atom stereocenters. The minimum atomic E-state index is -0.0432. The summed E-state index contributed by atoms with van der Waals surface area (Å²) in [6.07, 6.45) is 1.53. The van der Waals surface area contributed by atoms with E-state index in [1.807, 2.05) is 23.6 Å². The van der Waals surface area contributed by atoms with Crippen molar-refractivity contribution in [3.8, 4) is 0 Å². The van der Waals surface area contributed by atoms with Crippen LogP contribution in [0.5, 0.6) is 0 Å². The van der Waals surface area contributed by atoms with Crippen molar-refractivity contribution in [2.24, 2.45) is 7.05 Å². The molecule has 1 aromatic carbocycles. The molecule has 3 aromatic heterocycles. The lowest BCUT2D eigenvalue weighted by Crippen LogP contribution is -2.19. The van der Waals surface area contributed by atoms with E-state index in [1.165, 1.54) is 29.4 Å². The van der Waals surface area contributed by atoms with Gasteiger partial charge in [0.25, 0.3) is 5.56 Å². The molecule has 0 N–H and O–H groups in total. The Hall–Kier alpha value is -1.77. The number of benzene rings is 1. The second-order valence-electron chi connectivity index (χ2n) is 4.84. The van der Waals surface area contributed by atoms with Gasteiger partial charge in [-0.3, -0.25) is 9.36 Å². The first-order valence-electron chi connectivity index (χ1n) is 6.66. The van der Waals surface area contributed by atoms with Gasteiger partial charge in [0.1, 0.15) is 16.2 Å². The van der Waals surface area contributed by atoms with Crippen molar-refractivity contribution in [1.82, 2.24) is 19.5 Å². The average molecular weight is 405 g/mol. The van der Waals surface area contributed by atoms with Gasteiger partial charge in [0.2, 0.25) is 0 Å². The predicted molar refractivity (Wildman–Crippen MR) is 96.2 cm³/mol. The normalized spacial score (nSPS) is 11.4. The zero-order chi connectivity index (χ0) is 16.0. The van der Waals surface area contributed by atoms with E-state index in [2.05, 4.69) is 30.9 Å². The zero-order valence-electron chi connectivity index (χ0n) is 11.9. The van der Waals surface area contributed by atoms with Crippen LogP contribution < -0.4 is 5.56 Å². The molecule has 0 bridgehead atoms. The van der Waals surface area contributed by atoms with Crippen molar-refractivity contribution in [2.45, 2.75) is 10.2 Å². The molecule has 4 rings (SSSR count). The Balaban J connectivity index is 1.90. The topological polar surface area (TPSA) is 60.7 Å². The molecule has 5 nitrogen and oxygen atoms in total. The highest BCUT2D eigenvalue weighted by atomic mass is 79.9. The summed E-state index contributed by atoms with van der Waals surface area (Å²) in [6.45, 7) is 0. The minimum Gasteiger partial charge on any atom is -0.290 e. The van der Waals surface area contributed by atoms with Crippen molar-refractivity contribution in [3.63, 3.8) is 0 Å². The monoisotopic (exact) mass is 404 g/mol. The molecule has 114 valence electrons. The van der Waals surface area contributed by atoms with Crippen LogP contribution in [0.1, 0.15) is 0 Å². The van der Waals surface area contributed by atoms with Crippen LogP contribution in [0.2, 0.25) is 0 Å². The standard InChI is InChI=1S/C15H9BrN4OS2/c1-20-14(21)9-4-5-22-13(9)19-15(20)23-12-10-6-8(16)2-3-11(10)17-7-18-12/h2-7H,1H3. The summed E-state index contributed by atoms with van der Waals surface area (Å²) in [5.74, 6) is 0. The Labute approximate surface area is 147 Å². The van der Waals surface area contributed by atoms with Gasteiger partial charge in [0.15, 0.2) is 5.16 Å². The summed E-state index contributed by atoms with van der Waals surface area (Å²) < 4.78 is 2.52. The molecule has 0 saturated carbocycles. The maximum Gasteiger partial charge on any atom is 0.262 e. The Bertz CT molecular complexity index is 1110. The number of hydrogen-bond acceptors (Lipinski definition) is 6. The Morgan fingerprint density at radius 2 is 2.09 bits per heavy atom. The van der Waals surface area contributed by atoms with E-state index >= 15 is 0 Å². The highest BCUT2D eigenvalue weighted by Gasteiger charge is 2.13. The van der Waals surface area contributed by atoms with Crippen LogP contribution in [0.15, 0.2) is 55.4 Å². The quantitative estimate of drug-likeness (QED) is 0.375. The van der Waals surface area contributed by atoms with E-state index in [0.29, 0.717) is 10.5 Å². The second kappa shape index (κ2) is 5.70. The number of hydrogen-bond donors (Lipinski definition) is 0. The lowest BCUT2D eigenvalue weighted by Gasteiger charge is -2.08. The van der Waals surface area contributed by atoms with Crippen molar-refractivity contribution in [3.05, 3.63) is 50.8 Å². The van der Waals surface area contributed by atoms with Crippen molar-refractivity contribution in [2.75, 3.05) is 0 Å². The highest BCUT2D eigenvalue weighted by Crippen LogP contribution is 2.31. The second-order valence-corrected chi connectivity index (χ2v) is 7.61. The molecule has 0 aliphatic carbocycles. The van der Waals surface area contributed by atoms with Gasteiger partial charge >= 0.3 is 0 Å². The van der Waals surface area contributed by atoms with Crippen molar-refractivity contribution >= 4 is 60.1 Å². The van der Waals surface area contributed by atoms with Crippen LogP contribution in [0.3, 0.4) is 0 Å². The lowest BCUT2D eigenvalue weighted by molar-refractivity contribution is 0.727. The van der Waals surface area contributed by atoms with Crippen LogP contribution in [0.25, 0.3) is 21.1 Å². The minimum absolute atomic E-state index is 0.0432. The molecule has 23 heavy (non-hydrogen) atoms. The van der Waals surface area contributed by atoms with Crippen LogP contribution in [-0.2, 0) is 7.05 Å². The van der Waals surface area contributed by atoms with E-state index in [0.717, 1.165) is 25.2 Å². The third kappa shape index (κ3) is 2.56. The number of rotatable bonds is 2. The van der Waals surface area contributed by atoms with Crippen LogP contribution in [0, 0.1) is 0 Å². The Morgan fingerprint density at radius 1 is 1.22 bits per heavy atom. The highest BCUT2D eigenvalue weighted by molar-refractivity contribution is 9.10. The van der Waals surface area contributed by atoms with Gasteiger partial charge in [-0.05, 0) is 41.4 Å². The molecule has 0 radical (unpaired) electrons. The first-order valence-corrected chi connectivity index (χ1v) is 9.15. The number of thiophene rings is 1. The summed E-state index contributed by atoms with van der Waals surface area (Å²) in [4.78, 5) is 26.4. The molecule has 0 unspecified atom stereocenters. The molecule has 0 fully saturated rings. The summed E-state index contributed by atoms with van der Waals surface area (Å²) in [7, 11) is 1.73. The Kier molecular flexibility index (Phi) is 3.67. The van der Waals surface area contributed by atoms with E-state index < -0.39 is 0 Å². The Morgan fingerprint density at radius 3 is 2.96 bits per heavy atom. The fourth-order valence-corrected chi connectivity index (χ4v) is 4.32. The number of halogens is 1. The summed E-state index contributed by atoms with van der Waals surface area (Å²) in [5, 5.41) is 4.84. The van der Waals surface area contributed by atoms with Crippen molar-refractivity contribution < 1.29 is 0 Å². The average Bonchev–Trinajstić information content (AvgIpc) is 3.01. The van der Waals surface area contributed by atoms with Gasteiger partial charge in [-0.15, -0.1) is 11.3 Å². The zero-order valence-corrected chi connectivity index (χ0v) is 15.1. The third-order valence-corrected chi connectivity index (χ3v) is 5.78. The van der Waals surface area contributed by atoms with E-state index in [9.17, 15) is 4.79 Å². The smallest absolute Gasteiger partial charge is 0.262 e. The fraction of sp³-hybridized carbons (Fsp3) is 0.0667. The maximum absolute atomic E-state index is 12.4. The lowest BCUT2D eigenvalue weighted by atomic mass is 10.2. The van der Waals surface area contributed by atoms with E-state index in [1.54, 1.807) is 17.7 Å². The number of aromatic nitrogens is 4. The number of fused-ring (bicyclic) bond motifs is 2. The van der Waals surface area contributed by atoms with Gasteiger partial charge < -0.3 is 0 Å². The molecule has 0 aliphatic heterocycles. The molecule has 0 spiro atoms. The summed E-state index contributed by atoms with van der Waals surface area (Å²) in [5.41, 5.74) is 0.811. The first kappa shape index (κ1) is 14.8. The predicted octanol–water partition coefficient (Wildman–Crippen LogP) is 3.85. The van der Waals surface area contributed by atoms with Crippen LogP contribution in [0.4, 0.5) is 0 Å². The number of nitrogens with zero attached hydrogens (tertiary/aromatic N) is 4. The molecule has 3 heterocycles. The van der Waals surface area contributed by atoms with Crippen LogP contribution >= 0.6 is 39.0 Å². The molecular formula is C15H9BrN4OS2. The maximum atomic E-state index is 12.4. The summed E-state index contributed by atoms with van der Waals surface area (Å²) >= 11 is 6.31. The van der Waals surface area contributed by atoms with Gasteiger partial charge in [-0.1, -0.05) is 15.9 Å². The molecular weight excluding hydrogens is 396 g/mol. The van der Waals surface area contributed by atoms with Gasteiger partial charge in [0, 0.05) is 16.9 Å².